The van der Waals surface area contributed by atoms with E-state index in [9.17, 15) is 4.39 Å². The summed E-state index contributed by atoms with van der Waals surface area (Å²) in [4.78, 5) is 2.41. The number of benzene rings is 1. The lowest BCUT2D eigenvalue weighted by molar-refractivity contribution is 0.121. The molecule has 0 radical (unpaired) electrons. The Balaban J connectivity index is 2.36. The van der Waals surface area contributed by atoms with Crippen molar-refractivity contribution >= 4 is 11.6 Å². The number of hydrogen-bond acceptors (Lipinski definition) is 1. The zero-order valence-corrected chi connectivity index (χ0v) is 11.4. The second-order valence-electron chi connectivity index (χ2n) is 5.67. The summed E-state index contributed by atoms with van der Waals surface area (Å²) in [7, 11) is 0. The molecular formula is C14H19ClFN. The van der Waals surface area contributed by atoms with Gasteiger partial charge in [-0.2, -0.15) is 0 Å². The molecule has 1 aliphatic rings. The second kappa shape index (κ2) is 4.58. The van der Waals surface area contributed by atoms with Gasteiger partial charge in [0.1, 0.15) is 5.82 Å². The normalized spacial score (nSPS) is 22.1. The van der Waals surface area contributed by atoms with Crippen LogP contribution in [0, 0.1) is 5.82 Å². The largest absolute Gasteiger partial charge is 0.291 e. The zero-order chi connectivity index (χ0) is 12.6. The van der Waals surface area contributed by atoms with E-state index in [1.54, 1.807) is 6.07 Å². The topological polar surface area (TPSA) is 3.24 Å². The molecule has 1 unspecified atom stereocenters. The highest BCUT2D eigenvalue weighted by Crippen LogP contribution is 2.40. The predicted molar refractivity (Wildman–Crippen MR) is 69.8 cm³/mol. The van der Waals surface area contributed by atoms with Crippen LogP contribution >= 0.6 is 11.6 Å². The van der Waals surface area contributed by atoms with E-state index in [2.05, 4.69) is 25.7 Å². The first-order valence-electron chi connectivity index (χ1n) is 6.12. The summed E-state index contributed by atoms with van der Waals surface area (Å²) in [5, 5.41) is 0.286. The molecule has 94 valence electrons. The fourth-order valence-corrected chi connectivity index (χ4v) is 2.92. The van der Waals surface area contributed by atoms with Crippen molar-refractivity contribution in [3.63, 3.8) is 0 Å². The fraction of sp³-hybridized carbons (Fsp3) is 0.571. The minimum atomic E-state index is -0.315. The average Bonchev–Trinajstić information content (AvgIpc) is 2.70. The lowest BCUT2D eigenvalue weighted by Gasteiger charge is -2.37. The SMILES string of the molecule is CC(C)(C)N1CCCC1c1cccc(F)c1Cl. The summed E-state index contributed by atoms with van der Waals surface area (Å²) in [6.45, 7) is 7.64. The van der Waals surface area contributed by atoms with E-state index in [0.717, 1.165) is 24.9 Å². The van der Waals surface area contributed by atoms with Crippen LogP contribution in [-0.2, 0) is 0 Å². The van der Waals surface area contributed by atoms with Crippen LogP contribution in [0.4, 0.5) is 4.39 Å². The molecule has 1 atom stereocenters. The van der Waals surface area contributed by atoms with E-state index in [1.807, 2.05) is 6.07 Å². The number of hydrogen-bond donors (Lipinski definition) is 0. The second-order valence-corrected chi connectivity index (χ2v) is 6.04. The number of rotatable bonds is 1. The smallest absolute Gasteiger partial charge is 0.142 e. The van der Waals surface area contributed by atoms with Gasteiger partial charge in [-0.1, -0.05) is 23.7 Å². The minimum Gasteiger partial charge on any atom is -0.291 e. The van der Waals surface area contributed by atoms with Crippen LogP contribution in [0.1, 0.15) is 45.2 Å². The van der Waals surface area contributed by atoms with Crippen LogP contribution in [0.15, 0.2) is 18.2 Å². The van der Waals surface area contributed by atoms with E-state index in [-0.39, 0.29) is 22.4 Å². The lowest BCUT2D eigenvalue weighted by atomic mass is 9.99. The van der Waals surface area contributed by atoms with Gasteiger partial charge in [0.15, 0.2) is 0 Å². The Morgan fingerprint density at radius 1 is 1.35 bits per heavy atom. The molecule has 0 spiro atoms. The molecule has 0 amide bonds. The van der Waals surface area contributed by atoms with E-state index >= 15 is 0 Å². The first-order valence-corrected chi connectivity index (χ1v) is 6.49. The van der Waals surface area contributed by atoms with Crippen LogP contribution < -0.4 is 0 Å². The van der Waals surface area contributed by atoms with Gasteiger partial charge in [-0.15, -0.1) is 0 Å². The third-order valence-electron chi connectivity index (χ3n) is 3.45. The zero-order valence-electron chi connectivity index (χ0n) is 10.6. The molecule has 1 aliphatic heterocycles. The van der Waals surface area contributed by atoms with Crippen LogP contribution in [0.5, 0.6) is 0 Å². The van der Waals surface area contributed by atoms with Crippen molar-refractivity contribution in [3.8, 4) is 0 Å². The van der Waals surface area contributed by atoms with Crippen molar-refractivity contribution in [3.05, 3.63) is 34.6 Å². The molecule has 0 aromatic heterocycles. The highest BCUT2D eigenvalue weighted by molar-refractivity contribution is 6.31. The highest BCUT2D eigenvalue weighted by Gasteiger charge is 2.34. The first-order chi connectivity index (χ1) is 7.91. The number of nitrogens with zero attached hydrogens (tertiary/aromatic N) is 1. The molecular weight excluding hydrogens is 237 g/mol. The molecule has 3 heteroatoms. The Hall–Kier alpha value is -0.600. The van der Waals surface area contributed by atoms with Crippen molar-refractivity contribution in [2.45, 2.75) is 45.2 Å². The molecule has 1 aromatic rings. The number of halogens is 2. The maximum atomic E-state index is 13.5. The Kier molecular flexibility index (Phi) is 3.46. The van der Waals surface area contributed by atoms with Gasteiger partial charge < -0.3 is 0 Å². The molecule has 1 heterocycles. The van der Waals surface area contributed by atoms with Gasteiger partial charge in [0.2, 0.25) is 0 Å². The van der Waals surface area contributed by atoms with Crippen molar-refractivity contribution in [2.75, 3.05) is 6.54 Å². The Labute approximate surface area is 108 Å². The summed E-state index contributed by atoms with van der Waals surface area (Å²) >= 11 is 6.09. The third kappa shape index (κ3) is 2.48. The van der Waals surface area contributed by atoms with Crippen molar-refractivity contribution < 1.29 is 4.39 Å². The molecule has 1 saturated heterocycles. The van der Waals surface area contributed by atoms with Gasteiger partial charge in [-0.25, -0.2) is 4.39 Å². The summed E-state index contributed by atoms with van der Waals surface area (Å²) in [5.74, 6) is -0.315. The van der Waals surface area contributed by atoms with Gasteiger partial charge in [0.25, 0.3) is 0 Å². The van der Waals surface area contributed by atoms with Crippen LogP contribution in [-0.4, -0.2) is 17.0 Å². The van der Waals surface area contributed by atoms with Gasteiger partial charge in [-0.3, -0.25) is 4.90 Å². The maximum Gasteiger partial charge on any atom is 0.142 e. The summed E-state index contributed by atoms with van der Waals surface area (Å²) < 4.78 is 13.5. The Morgan fingerprint density at radius 3 is 2.71 bits per heavy atom. The third-order valence-corrected chi connectivity index (χ3v) is 3.85. The molecule has 1 nitrogen and oxygen atoms in total. The molecule has 1 fully saturated rings. The number of likely N-dealkylation sites (tertiary alicyclic amines) is 1. The van der Waals surface area contributed by atoms with E-state index in [4.69, 9.17) is 11.6 Å². The molecule has 2 rings (SSSR count). The van der Waals surface area contributed by atoms with Crippen LogP contribution in [0.25, 0.3) is 0 Å². The highest BCUT2D eigenvalue weighted by atomic mass is 35.5. The van der Waals surface area contributed by atoms with Crippen molar-refractivity contribution in [2.24, 2.45) is 0 Å². The Bertz CT molecular complexity index is 411. The fourth-order valence-electron chi connectivity index (χ4n) is 2.67. The molecule has 0 aliphatic carbocycles. The van der Waals surface area contributed by atoms with Crippen LogP contribution in [0.2, 0.25) is 5.02 Å². The standard InChI is InChI=1S/C14H19ClFN/c1-14(2,3)17-9-5-8-12(17)10-6-4-7-11(16)13(10)15/h4,6-7,12H,5,8-9H2,1-3H3. The molecule has 0 bridgehead atoms. The summed E-state index contributed by atoms with van der Waals surface area (Å²) in [6, 6.07) is 5.36. The summed E-state index contributed by atoms with van der Waals surface area (Å²) in [6.07, 6.45) is 2.20. The minimum absolute atomic E-state index is 0.0941. The van der Waals surface area contributed by atoms with Gasteiger partial charge in [0, 0.05) is 11.6 Å². The monoisotopic (exact) mass is 255 g/mol. The van der Waals surface area contributed by atoms with Crippen LogP contribution in [0.3, 0.4) is 0 Å². The Morgan fingerprint density at radius 2 is 2.06 bits per heavy atom. The van der Waals surface area contributed by atoms with Gasteiger partial charge in [-0.05, 0) is 51.8 Å². The van der Waals surface area contributed by atoms with Gasteiger partial charge >= 0.3 is 0 Å². The van der Waals surface area contributed by atoms with Crippen molar-refractivity contribution in [1.29, 1.82) is 0 Å². The molecule has 0 saturated carbocycles. The molecule has 1 aromatic carbocycles. The average molecular weight is 256 g/mol. The van der Waals surface area contributed by atoms with E-state index in [0.29, 0.717) is 0 Å². The molecule has 17 heavy (non-hydrogen) atoms. The van der Waals surface area contributed by atoms with E-state index < -0.39 is 0 Å². The predicted octanol–water partition coefficient (Wildman–Crippen LogP) is 4.41. The van der Waals surface area contributed by atoms with E-state index in [1.165, 1.54) is 6.07 Å². The maximum absolute atomic E-state index is 13.5. The first kappa shape index (κ1) is 12.8. The lowest BCUT2D eigenvalue weighted by Crippen LogP contribution is -2.40. The molecule has 0 N–H and O–H groups in total. The summed E-state index contributed by atoms with van der Waals surface area (Å²) in [5.41, 5.74) is 1.02. The quantitative estimate of drug-likeness (QED) is 0.718. The van der Waals surface area contributed by atoms with Gasteiger partial charge in [0.05, 0.1) is 5.02 Å². The van der Waals surface area contributed by atoms with Crippen molar-refractivity contribution in [1.82, 2.24) is 4.90 Å².